The zero-order valence-corrected chi connectivity index (χ0v) is 37.7. The number of anilines is 5. The third-order valence-electron chi connectivity index (χ3n) is 13.5. The van der Waals surface area contributed by atoms with E-state index in [1.807, 2.05) is 0 Å². The summed E-state index contributed by atoms with van der Waals surface area (Å²) in [5, 5.41) is 2.45. The molecule has 9 aromatic carbocycles. The number of fused-ring (bicyclic) bond motifs is 1. The SMILES string of the molecule is C1=Cc2cc(-c3ccc(N(c4ccccc4)c4ccc(C=Cc5ccccc5)cc4)c4ccccc34)cc3c2C2C(=CC3)C=C(N(c3ccccc3)c3ccc(C=Cc4ccccc4)cc3)C=C12. The van der Waals surface area contributed by atoms with E-state index in [-0.39, 0.29) is 5.92 Å². The van der Waals surface area contributed by atoms with Crippen LogP contribution in [0.1, 0.15) is 44.9 Å². The van der Waals surface area contributed by atoms with Crippen molar-refractivity contribution in [3.63, 3.8) is 0 Å². The highest BCUT2D eigenvalue weighted by atomic mass is 15.2. The predicted molar refractivity (Wildman–Crippen MR) is 290 cm³/mol. The topological polar surface area (TPSA) is 6.48 Å². The van der Waals surface area contributed by atoms with Gasteiger partial charge >= 0.3 is 0 Å². The highest BCUT2D eigenvalue weighted by Gasteiger charge is 2.33. The lowest BCUT2D eigenvalue weighted by molar-refractivity contribution is 0.882. The van der Waals surface area contributed by atoms with Gasteiger partial charge in [0.1, 0.15) is 0 Å². The van der Waals surface area contributed by atoms with Crippen LogP contribution in [0, 0.1) is 0 Å². The zero-order chi connectivity index (χ0) is 45.2. The van der Waals surface area contributed by atoms with Gasteiger partial charge in [-0.3, -0.25) is 0 Å². The predicted octanol–water partition coefficient (Wildman–Crippen LogP) is 17.6. The van der Waals surface area contributed by atoms with Crippen LogP contribution in [-0.2, 0) is 6.42 Å². The van der Waals surface area contributed by atoms with Crippen LogP contribution < -0.4 is 9.80 Å². The smallest absolute Gasteiger partial charge is 0.0540 e. The number of nitrogens with zero attached hydrogens (tertiary/aromatic N) is 2. The molecule has 3 aliphatic carbocycles. The lowest BCUT2D eigenvalue weighted by atomic mass is 9.70. The molecule has 2 heteroatoms. The monoisotopic (exact) mass is 868 g/mol. The van der Waals surface area contributed by atoms with Gasteiger partial charge in [0.2, 0.25) is 0 Å². The lowest BCUT2D eigenvalue weighted by Crippen LogP contribution is -2.23. The maximum Gasteiger partial charge on any atom is 0.0540 e. The Balaban J connectivity index is 0.873. The highest BCUT2D eigenvalue weighted by molar-refractivity contribution is 6.06. The quantitative estimate of drug-likeness (QED) is 0.120. The molecular formula is C66H48N2. The summed E-state index contributed by atoms with van der Waals surface area (Å²) in [6.07, 6.45) is 21.6. The van der Waals surface area contributed by atoms with Crippen molar-refractivity contribution in [1.29, 1.82) is 0 Å². The normalized spacial score (nSPS) is 14.6. The first kappa shape index (κ1) is 40.8. The Kier molecular flexibility index (Phi) is 10.7. The maximum absolute atomic E-state index is 2.47. The number of hydrogen-bond acceptors (Lipinski definition) is 2. The summed E-state index contributed by atoms with van der Waals surface area (Å²) in [4.78, 5) is 4.78. The number of benzene rings is 9. The van der Waals surface area contributed by atoms with Crippen LogP contribution in [0.15, 0.2) is 260 Å². The molecule has 0 fully saturated rings. The van der Waals surface area contributed by atoms with Crippen molar-refractivity contribution >= 4 is 69.6 Å². The molecule has 322 valence electrons. The average molecular weight is 869 g/mol. The maximum atomic E-state index is 2.47. The van der Waals surface area contributed by atoms with Crippen LogP contribution >= 0.6 is 0 Å². The fraction of sp³-hybridized carbons (Fsp3) is 0.0303. The Morgan fingerprint density at radius 1 is 0.397 bits per heavy atom. The van der Waals surface area contributed by atoms with E-state index in [1.54, 1.807) is 0 Å². The number of hydrogen-bond donors (Lipinski definition) is 0. The number of allylic oxidation sites excluding steroid dienone is 6. The van der Waals surface area contributed by atoms with Gasteiger partial charge in [-0.2, -0.15) is 0 Å². The van der Waals surface area contributed by atoms with Gasteiger partial charge in [0.15, 0.2) is 0 Å². The van der Waals surface area contributed by atoms with Crippen molar-refractivity contribution in [2.24, 2.45) is 0 Å². The van der Waals surface area contributed by atoms with E-state index in [9.17, 15) is 0 Å². The molecule has 0 amide bonds. The zero-order valence-electron chi connectivity index (χ0n) is 37.7. The van der Waals surface area contributed by atoms with Gasteiger partial charge in [-0.25, -0.2) is 0 Å². The Morgan fingerprint density at radius 3 is 1.50 bits per heavy atom. The van der Waals surface area contributed by atoms with Gasteiger partial charge in [0, 0.05) is 39.8 Å². The Labute approximate surface area is 399 Å². The van der Waals surface area contributed by atoms with E-state index in [0.29, 0.717) is 0 Å². The van der Waals surface area contributed by atoms with Crippen LogP contribution in [0.2, 0.25) is 0 Å². The molecule has 9 aromatic rings. The van der Waals surface area contributed by atoms with E-state index in [4.69, 9.17) is 0 Å². The molecule has 0 saturated heterocycles. The van der Waals surface area contributed by atoms with E-state index >= 15 is 0 Å². The highest BCUT2D eigenvalue weighted by Crippen LogP contribution is 2.50. The molecule has 0 aliphatic heterocycles. The average Bonchev–Trinajstić information content (AvgIpc) is 3.41. The largest absolute Gasteiger partial charge is 0.310 e. The van der Waals surface area contributed by atoms with Crippen LogP contribution in [-0.4, -0.2) is 0 Å². The van der Waals surface area contributed by atoms with Gasteiger partial charge in [0.05, 0.1) is 5.69 Å². The first-order valence-electron chi connectivity index (χ1n) is 23.6. The fourth-order valence-electron chi connectivity index (χ4n) is 10.2. The van der Waals surface area contributed by atoms with Crippen molar-refractivity contribution in [1.82, 2.24) is 0 Å². The standard InChI is InChI=1S/C66H48N2/c1-5-15-47(16-6-1)25-27-49-29-37-58(38-30-49)67(56-19-9-3-10-20-56)60-45-53-35-33-51-43-55(44-52-34-36-54(46-60)66(53)65(51)52)61-41-42-64(63-24-14-13-23-62(61)63)68(57-21-11-4-12-22-57)59-39-31-50(32-40-59)28-26-48-17-7-2-8-18-48/h1-33,35-46,66H,34H2. The van der Waals surface area contributed by atoms with Crippen LogP contribution in [0.25, 0.3) is 52.3 Å². The summed E-state index contributed by atoms with van der Waals surface area (Å²) < 4.78 is 0. The van der Waals surface area contributed by atoms with Gasteiger partial charge in [-0.05, 0) is 146 Å². The summed E-state index contributed by atoms with van der Waals surface area (Å²) in [5.41, 5.74) is 20.9. The van der Waals surface area contributed by atoms with E-state index in [0.717, 1.165) is 40.4 Å². The summed E-state index contributed by atoms with van der Waals surface area (Å²) in [7, 11) is 0. The fourth-order valence-corrected chi connectivity index (χ4v) is 10.2. The molecule has 0 radical (unpaired) electrons. The molecular weight excluding hydrogens is 821 g/mol. The van der Waals surface area contributed by atoms with E-state index < -0.39 is 0 Å². The third kappa shape index (κ3) is 7.93. The Morgan fingerprint density at radius 2 is 0.897 bits per heavy atom. The minimum absolute atomic E-state index is 0.207. The second-order valence-corrected chi connectivity index (χ2v) is 17.7. The molecule has 68 heavy (non-hydrogen) atoms. The van der Waals surface area contributed by atoms with Gasteiger partial charge in [0.25, 0.3) is 0 Å². The van der Waals surface area contributed by atoms with Gasteiger partial charge in [-0.1, -0.05) is 200 Å². The van der Waals surface area contributed by atoms with Crippen LogP contribution in [0.4, 0.5) is 28.4 Å². The molecule has 1 unspecified atom stereocenters. The van der Waals surface area contributed by atoms with Crippen molar-refractivity contribution < 1.29 is 0 Å². The molecule has 1 atom stereocenters. The number of para-hydroxylation sites is 2. The summed E-state index contributed by atoms with van der Waals surface area (Å²) in [6.45, 7) is 0. The lowest BCUT2D eigenvalue weighted by Gasteiger charge is -2.37. The molecule has 3 aliphatic rings. The summed E-state index contributed by atoms with van der Waals surface area (Å²) in [5.74, 6) is 0.207. The molecule has 0 saturated carbocycles. The van der Waals surface area contributed by atoms with Crippen LogP contribution in [0.5, 0.6) is 0 Å². The van der Waals surface area contributed by atoms with Crippen molar-refractivity contribution in [3.05, 3.63) is 298 Å². The molecule has 12 rings (SSSR count). The third-order valence-corrected chi connectivity index (χ3v) is 13.5. The molecule has 0 aromatic heterocycles. The van der Waals surface area contributed by atoms with Crippen molar-refractivity contribution in [3.8, 4) is 11.1 Å². The molecule has 0 spiro atoms. The van der Waals surface area contributed by atoms with Crippen LogP contribution in [0.3, 0.4) is 0 Å². The Hall–Kier alpha value is -8.72. The molecule has 0 bridgehead atoms. The second-order valence-electron chi connectivity index (χ2n) is 17.7. The van der Waals surface area contributed by atoms with E-state index in [1.165, 1.54) is 72.1 Å². The first-order valence-corrected chi connectivity index (χ1v) is 23.6. The van der Waals surface area contributed by atoms with Gasteiger partial charge in [-0.15, -0.1) is 0 Å². The Bertz CT molecular complexity index is 3480. The molecule has 0 heterocycles. The van der Waals surface area contributed by atoms with Crippen molar-refractivity contribution in [2.45, 2.75) is 12.3 Å². The molecule has 2 nitrogen and oxygen atoms in total. The van der Waals surface area contributed by atoms with Crippen molar-refractivity contribution in [2.75, 3.05) is 9.80 Å². The van der Waals surface area contributed by atoms with Gasteiger partial charge < -0.3 is 9.80 Å². The number of rotatable bonds is 11. The van der Waals surface area contributed by atoms with E-state index in [2.05, 4.69) is 283 Å². The molecule has 0 N–H and O–H groups in total. The minimum atomic E-state index is 0.207. The summed E-state index contributed by atoms with van der Waals surface area (Å²) >= 11 is 0. The summed E-state index contributed by atoms with van der Waals surface area (Å²) in [6, 6.07) is 78.6. The second kappa shape index (κ2) is 17.9. The first-order chi connectivity index (χ1) is 33.7. The minimum Gasteiger partial charge on any atom is -0.310 e.